The Morgan fingerprint density at radius 3 is 2.79 bits per heavy atom. The van der Waals surface area contributed by atoms with Gasteiger partial charge in [0.1, 0.15) is 5.82 Å². The largest absolute Gasteiger partial charge is 0.375 e. The van der Waals surface area contributed by atoms with Crippen LogP contribution in [0, 0.1) is 5.82 Å². The van der Waals surface area contributed by atoms with Crippen molar-refractivity contribution in [1.29, 1.82) is 0 Å². The molecule has 0 amide bonds. The second kappa shape index (κ2) is 5.73. The summed E-state index contributed by atoms with van der Waals surface area (Å²) in [6.45, 7) is 2.94. The first-order valence-electron chi connectivity index (χ1n) is 4.72. The van der Waals surface area contributed by atoms with Crippen LogP contribution in [-0.2, 0) is 11.3 Å². The van der Waals surface area contributed by atoms with E-state index < -0.39 is 0 Å². The number of benzene rings is 1. The van der Waals surface area contributed by atoms with E-state index in [9.17, 15) is 4.39 Å². The quantitative estimate of drug-likeness (QED) is 0.779. The Bertz CT molecular complexity index is 278. The summed E-state index contributed by atoms with van der Waals surface area (Å²) in [6, 6.07) is 6.96. The average molecular weight is 197 g/mol. The number of rotatable bonds is 5. The summed E-state index contributed by atoms with van der Waals surface area (Å²) in [5, 5.41) is 3.05. The molecule has 14 heavy (non-hydrogen) atoms. The Morgan fingerprint density at radius 2 is 2.14 bits per heavy atom. The van der Waals surface area contributed by atoms with Gasteiger partial charge in [-0.3, -0.25) is 0 Å². The van der Waals surface area contributed by atoms with Gasteiger partial charge in [-0.2, -0.15) is 0 Å². The molecule has 0 heterocycles. The van der Waals surface area contributed by atoms with Crippen LogP contribution in [0.5, 0.6) is 0 Å². The predicted molar refractivity (Wildman–Crippen MR) is 54.6 cm³/mol. The Kier molecular flexibility index (Phi) is 4.56. The van der Waals surface area contributed by atoms with Gasteiger partial charge in [0.15, 0.2) is 0 Å². The number of hydrogen-bond donors (Lipinski definition) is 1. The van der Waals surface area contributed by atoms with E-state index >= 15 is 0 Å². The molecule has 0 bridgehead atoms. The fourth-order valence-corrected chi connectivity index (χ4v) is 1.04. The van der Waals surface area contributed by atoms with E-state index in [0.29, 0.717) is 24.8 Å². The lowest BCUT2D eigenvalue weighted by Crippen LogP contribution is -2.26. The minimum Gasteiger partial charge on any atom is -0.375 e. The first-order valence-corrected chi connectivity index (χ1v) is 4.72. The summed E-state index contributed by atoms with van der Waals surface area (Å²) in [5.41, 5.74) is 0.607. The Labute approximate surface area is 84.1 Å². The molecule has 78 valence electrons. The van der Waals surface area contributed by atoms with Gasteiger partial charge in [0.25, 0.3) is 0 Å². The van der Waals surface area contributed by atoms with Gasteiger partial charge in [0.05, 0.1) is 13.2 Å². The Morgan fingerprint density at radius 1 is 1.43 bits per heavy atom. The van der Waals surface area contributed by atoms with Crippen LogP contribution in [0.4, 0.5) is 4.39 Å². The van der Waals surface area contributed by atoms with Crippen LogP contribution < -0.4 is 5.32 Å². The standard InChI is InChI=1S/C11H16FNO/c1-9(13-2)7-14-8-10-5-3-4-6-11(10)12/h3-6,9,13H,7-8H2,1-2H3. The first-order chi connectivity index (χ1) is 6.74. The minimum absolute atomic E-state index is 0.204. The van der Waals surface area contributed by atoms with Crippen molar-refractivity contribution in [2.45, 2.75) is 19.6 Å². The third kappa shape index (κ3) is 3.44. The van der Waals surface area contributed by atoms with Crippen LogP contribution in [0.15, 0.2) is 24.3 Å². The summed E-state index contributed by atoms with van der Waals surface area (Å²) in [4.78, 5) is 0. The van der Waals surface area contributed by atoms with Crippen molar-refractivity contribution in [2.24, 2.45) is 0 Å². The van der Waals surface area contributed by atoms with Crippen molar-refractivity contribution >= 4 is 0 Å². The summed E-state index contributed by atoms with van der Waals surface area (Å²) in [6.07, 6.45) is 0. The molecule has 0 saturated carbocycles. The third-order valence-corrected chi connectivity index (χ3v) is 2.08. The van der Waals surface area contributed by atoms with E-state index in [4.69, 9.17) is 4.74 Å². The molecule has 0 aliphatic heterocycles. The molecule has 1 N–H and O–H groups in total. The maximum atomic E-state index is 13.1. The van der Waals surface area contributed by atoms with Crippen LogP contribution in [0.1, 0.15) is 12.5 Å². The molecule has 0 radical (unpaired) electrons. The maximum Gasteiger partial charge on any atom is 0.128 e. The Balaban J connectivity index is 2.35. The van der Waals surface area contributed by atoms with Crippen molar-refractivity contribution in [2.75, 3.05) is 13.7 Å². The number of likely N-dealkylation sites (N-methyl/N-ethyl adjacent to an activating group) is 1. The minimum atomic E-state index is -0.204. The summed E-state index contributed by atoms with van der Waals surface area (Å²) < 4.78 is 18.5. The van der Waals surface area contributed by atoms with Crippen molar-refractivity contribution in [1.82, 2.24) is 5.32 Å². The highest BCUT2D eigenvalue weighted by Crippen LogP contribution is 2.07. The smallest absolute Gasteiger partial charge is 0.128 e. The normalized spacial score (nSPS) is 12.8. The number of hydrogen-bond acceptors (Lipinski definition) is 2. The lowest BCUT2D eigenvalue weighted by Gasteiger charge is -2.10. The van der Waals surface area contributed by atoms with E-state index in [2.05, 4.69) is 5.32 Å². The van der Waals surface area contributed by atoms with Crippen LogP contribution in [0.2, 0.25) is 0 Å². The van der Waals surface area contributed by atoms with Crippen LogP contribution in [0.3, 0.4) is 0 Å². The van der Waals surface area contributed by atoms with Crippen molar-refractivity contribution in [3.05, 3.63) is 35.6 Å². The van der Waals surface area contributed by atoms with E-state index in [1.165, 1.54) is 6.07 Å². The fourth-order valence-electron chi connectivity index (χ4n) is 1.04. The predicted octanol–water partition coefficient (Wildman–Crippen LogP) is 1.95. The zero-order valence-electron chi connectivity index (χ0n) is 8.59. The highest BCUT2D eigenvalue weighted by Gasteiger charge is 2.02. The van der Waals surface area contributed by atoms with Crippen molar-refractivity contribution < 1.29 is 9.13 Å². The lowest BCUT2D eigenvalue weighted by molar-refractivity contribution is 0.103. The van der Waals surface area contributed by atoms with Crippen molar-refractivity contribution in [3.8, 4) is 0 Å². The molecule has 0 saturated heterocycles. The van der Waals surface area contributed by atoms with Crippen molar-refractivity contribution in [3.63, 3.8) is 0 Å². The molecule has 0 aliphatic carbocycles. The van der Waals surface area contributed by atoms with E-state index in [-0.39, 0.29) is 5.82 Å². The molecule has 1 aromatic carbocycles. The molecule has 2 nitrogen and oxygen atoms in total. The van der Waals surface area contributed by atoms with Crippen LogP contribution in [0.25, 0.3) is 0 Å². The molecular weight excluding hydrogens is 181 g/mol. The molecule has 0 aliphatic rings. The maximum absolute atomic E-state index is 13.1. The molecule has 1 rings (SSSR count). The van der Waals surface area contributed by atoms with E-state index in [1.54, 1.807) is 12.1 Å². The van der Waals surface area contributed by atoms with Gasteiger partial charge in [-0.15, -0.1) is 0 Å². The molecule has 1 unspecified atom stereocenters. The first kappa shape index (κ1) is 11.1. The van der Waals surface area contributed by atoms with E-state index in [1.807, 2.05) is 20.0 Å². The number of nitrogens with one attached hydrogen (secondary N) is 1. The second-order valence-corrected chi connectivity index (χ2v) is 3.30. The number of ether oxygens (including phenoxy) is 1. The van der Waals surface area contributed by atoms with Crippen LogP contribution >= 0.6 is 0 Å². The molecule has 0 aromatic heterocycles. The van der Waals surface area contributed by atoms with Gasteiger partial charge >= 0.3 is 0 Å². The highest BCUT2D eigenvalue weighted by atomic mass is 19.1. The molecular formula is C11H16FNO. The van der Waals surface area contributed by atoms with Gasteiger partial charge in [-0.25, -0.2) is 4.39 Å². The summed E-state index contributed by atoms with van der Waals surface area (Å²) in [5.74, 6) is -0.204. The average Bonchev–Trinajstić information content (AvgIpc) is 2.20. The van der Waals surface area contributed by atoms with E-state index in [0.717, 1.165) is 0 Å². The summed E-state index contributed by atoms with van der Waals surface area (Å²) >= 11 is 0. The summed E-state index contributed by atoms with van der Waals surface area (Å²) in [7, 11) is 1.87. The second-order valence-electron chi connectivity index (χ2n) is 3.30. The highest BCUT2D eigenvalue weighted by molar-refractivity contribution is 5.16. The van der Waals surface area contributed by atoms with Crippen LogP contribution in [-0.4, -0.2) is 19.7 Å². The molecule has 0 fully saturated rings. The van der Waals surface area contributed by atoms with Gasteiger partial charge in [-0.05, 0) is 20.0 Å². The molecule has 3 heteroatoms. The Hall–Kier alpha value is -0.930. The third-order valence-electron chi connectivity index (χ3n) is 2.08. The van der Waals surface area contributed by atoms with Gasteiger partial charge in [-0.1, -0.05) is 18.2 Å². The fraction of sp³-hybridized carbons (Fsp3) is 0.455. The SMILES string of the molecule is CNC(C)COCc1ccccc1F. The number of halogens is 1. The topological polar surface area (TPSA) is 21.3 Å². The zero-order chi connectivity index (χ0) is 10.4. The monoisotopic (exact) mass is 197 g/mol. The molecule has 1 atom stereocenters. The van der Waals surface area contributed by atoms with Gasteiger partial charge < -0.3 is 10.1 Å². The van der Waals surface area contributed by atoms with Gasteiger partial charge in [0, 0.05) is 11.6 Å². The lowest BCUT2D eigenvalue weighted by atomic mass is 10.2. The molecule has 1 aromatic rings. The van der Waals surface area contributed by atoms with Gasteiger partial charge in [0.2, 0.25) is 0 Å². The zero-order valence-corrected chi connectivity index (χ0v) is 8.59. The molecule has 0 spiro atoms.